The number of morpholine rings is 1. The van der Waals surface area contributed by atoms with Crippen LogP contribution < -0.4 is 15.4 Å². The van der Waals surface area contributed by atoms with E-state index in [1.165, 1.54) is 24.3 Å². The highest BCUT2D eigenvalue weighted by atomic mass is 19.1. The second-order valence-electron chi connectivity index (χ2n) is 4.75. The largest absolute Gasteiger partial charge is 0.491 e. The molecule has 1 fully saturated rings. The normalized spacial score (nSPS) is 19.8. The number of ether oxygens (including phenoxy) is 2. The molecule has 1 aromatic carbocycles. The molecule has 7 heteroatoms. The summed E-state index contributed by atoms with van der Waals surface area (Å²) in [5.41, 5.74) is 0. The minimum atomic E-state index is -0.844. The Balaban J connectivity index is 1.65. The molecule has 0 bridgehead atoms. The predicted octanol–water partition coefficient (Wildman–Crippen LogP) is -0.330. The molecule has 0 aliphatic carbocycles. The van der Waals surface area contributed by atoms with E-state index in [4.69, 9.17) is 9.47 Å². The third-order valence-electron chi connectivity index (χ3n) is 3.01. The number of aliphatic hydroxyl groups excluding tert-OH is 1. The summed E-state index contributed by atoms with van der Waals surface area (Å²) < 4.78 is 23.2. The number of rotatable bonds is 6. The van der Waals surface area contributed by atoms with Crippen LogP contribution in [0.1, 0.15) is 0 Å². The summed E-state index contributed by atoms with van der Waals surface area (Å²) in [7, 11) is 0. The van der Waals surface area contributed by atoms with Gasteiger partial charge in [0.2, 0.25) is 5.91 Å². The van der Waals surface area contributed by atoms with Crippen LogP contribution in [0.2, 0.25) is 0 Å². The van der Waals surface area contributed by atoms with Crippen molar-refractivity contribution in [3.05, 3.63) is 30.1 Å². The molecule has 1 aliphatic rings. The van der Waals surface area contributed by atoms with Gasteiger partial charge < -0.3 is 25.2 Å². The maximum absolute atomic E-state index is 12.7. The van der Waals surface area contributed by atoms with Crippen LogP contribution in [0.15, 0.2) is 24.3 Å². The predicted molar refractivity (Wildman–Crippen MR) is 73.5 cm³/mol. The zero-order chi connectivity index (χ0) is 15.1. The highest BCUT2D eigenvalue weighted by Crippen LogP contribution is 2.11. The van der Waals surface area contributed by atoms with Crippen LogP contribution in [0, 0.1) is 5.82 Å². The molecule has 0 saturated carbocycles. The van der Waals surface area contributed by atoms with Crippen LogP contribution in [0.25, 0.3) is 0 Å². The lowest BCUT2D eigenvalue weighted by Crippen LogP contribution is -2.52. The summed E-state index contributed by atoms with van der Waals surface area (Å²) >= 11 is 0. The molecule has 0 unspecified atom stereocenters. The fraction of sp³-hybridized carbons (Fsp3) is 0.500. The molecule has 1 aromatic rings. The molecule has 116 valence electrons. The van der Waals surface area contributed by atoms with Gasteiger partial charge in [0.15, 0.2) is 0 Å². The third-order valence-corrected chi connectivity index (χ3v) is 3.01. The number of hydrogen-bond donors (Lipinski definition) is 3. The molecule has 2 rings (SSSR count). The first-order valence-corrected chi connectivity index (χ1v) is 6.80. The number of nitrogens with one attached hydrogen (secondary N) is 2. The van der Waals surface area contributed by atoms with E-state index in [0.29, 0.717) is 25.5 Å². The third kappa shape index (κ3) is 5.30. The van der Waals surface area contributed by atoms with Crippen LogP contribution in [0.3, 0.4) is 0 Å². The first-order valence-electron chi connectivity index (χ1n) is 6.80. The molecule has 0 aromatic heterocycles. The minimum Gasteiger partial charge on any atom is -0.491 e. The van der Waals surface area contributed by atoms with Crippen LogP contribution >= 0.6 is 0 Å². The van der Waals surface area contributed by atoms with Crippen molar-refractivity contribution in [1.82, 2.24) is 10.6 Å². The number of benzene rings is 1. The van der Waals surface area contributed by atoms with Crippen LogP contribution in [-0.2, 0) is 9.53 Å². The van der Waals surface area contributed by atoms with Gasteiger partial charge in [0, 0.05) is 13.1 Å². The number of carbonyl (C=O) groups is 1. The molecular weight excluding hydrogens is 279 g/mol. The lowest BCUT2D eigenvalue weighted by molar-refractivity contribution is -0.126. The standard InChI is InChI=1S/C14H19FN2O4/c15-10-1-3-12(4-2-10)21-8-11(18)7-17-14(19)13-9-20-6-5-16-13/h1-4,11,13,16,18H,5-9H2,(H,17,19)/t11-,13+/m0/s1. The van der Waals surface area contributed by atoms with Gasteiger partial charge in [-0.25, -0.2) is 4.39 Å². The molecule has 21 heavy (non-hydrogen) atoms. The maximum atomic E-state index is 12.7. The van der Waals surface area contributed by atoms with Crippen molar-refractivity contribution >= 4 is 5.91 Å². The van der Waals surface area contributed by atoms with Crippen molar-refractivity contribution in [3.63, 3.8) is 0 Å². The molecule has 2 atom stereocenters. The zero-order valence-electron chi connectivity index (χ0n) is 11.5. The molecule has 1 aliphatic heterocycles. The lowest BCUT2D eigenvalue weighted by atomic mass is 10.2. The summed E-state index contributed by atoms with van der Waals surface area (Å²) in [5.74, 6) is -0.1000. The van der Waals surface area contributed by atoms with Crippen molar-refractivity contribution in [2.24, 2.45) is 0 Å². The van der Waals surface area contributed by atoms with Gasteiger partial charge in [0.1, 0.15) is 30.3 Å². The second kappa shape index (κ2) is 7.92. The highest BCUT2D eigenvalue weighted by molar-refractivity contribution is 5.82. The van der Waals surface area contributed by atoms with E-state index in [-0.39, 0.29) is 30.9 Å². The summed E-state index contributed by atoms with van der Waals surface area (Å²) in [6.07, 6.45) is -0.844. The average Bonchev–Trinajstić information content (AvgIpc) is 2.53. The number of aliphatic hydroxyl groups is 1. The Bertz CT molecular complexity index is 449. The van der Waals surface area contributed by atoms with Gasteiger partial charge in [0.25, 0.3) is 0 Å². The first kappa shape index (κ1) is 15.7. The molecular formula is C14H19FN2O4. The van der Waals surface area contributed by atoms with Gasteiger partial charge in [0.05, 0.1) is 13.2 Å². The van der Waals surface area contributed by atoms with E-state index >= 15 is 0 Å². The Kier molecular flexibility index (Phi) is 5.91. The molecule has 0 spiro atoms. The Morgan fingerprint density at radius 1 is 1.52 bits per heavy atom. The summed E-state index contributed by atoms with van der Waals surface area (Å²) in [5, 5.41) is 15.4. The molecule has 1 amide bonds. The van der Waals surface area contributed by atoms with Crippen molar-refractivity contribution in [2.45, 2.75) is 12.1 Å². The minimum absolute atomic E-state index is 0.0144. The molecule has 1 saturated heterocycles. The van der Waals surface area contributed by atoms with Crippen molar-refractivity contribution < 1.29 is 23.8 Å². The molecule has 1 heterocycles. The Morgan fingerprint density at radius 3 is 2.95 bits per heavy atom. The Labute approximate surface area is 122 Å². The fourth-order valence-corrected chi connectivity index (χ4v) is 1.86. The van der Waals surface area contributed by atoms with Gasteiger partial charge in [-0.1, -0.05) is 0 Å². The van der Waals surface area contributed by atoms with E-state index in [0.717, 1.165) is 0 Å². The molecule has 0 radical (unpaired) electrons. The number of halogens is 1. The lowest BCUT2D eigenvalue weighted by Gasteiger charge is -2.23. The topological polar surface area (TPSA) is 79.8 Å². The van der Waals surface area contributed by atoms with E-state index < -0.39 is 6.10 Å². The Hall–Kier alpha value is -1.70. The number of amides is 1. The molecule has 6 nitrogen and oxygen atoms in total. The zero-order valence-corrected chi connectivity index (χ0v) is 11.5. The van der Waals surface area contributed by atoms with E-state index in [2.05, 4.69) is 10.6 Å². The average molecular weight is 298 g/mol. The van der Waals surface area contributed by atoms with Gasteiger partial charge >= 0.3 is 0 Å². The molecule has 3 N–H and O–H groups in total. The SMILES string of the molecule is O=C(NC[C@H](O)COc1ccc(F)cc1)[C@H]1COCCN1. The van der Waals surface area contributed by atoms with E-state index in [1.807, 2.05) is 0 Å². The monoisotopic (exact) mass is 298 g/mol. The van der Waals surface area contributed by atoms with E-state index in [1.54, 1.807) is 0 Å². The first-order chi connectivity index (χ1) is 10.1. The van der Waals surface area contributed by atoms with Gasteiger partial charge in [-0.2, -0.15) is 0 Å². The number of carbonyl (C=O) groups excluding carboxylic acids is 1. The smallest absolute Gasteiger partial charge is 0.239 e. The summed E-state index contributed by atoms with van der Waals surface area (Å²) in [6, 6.07) is 5.12. The fourth-order valence-electron chi connectivity index (χ4n) is 1.86. The van der Waals surface area contributed by atoms with Crippen molar-refractivity contribution in [3.8, 4) is 5.75 Å². The van der Waals surface area contributed by atoms with Gasteiger partial charge in [-0.05, 0) is 24.3 Å². The quantitative estimate of drug-likeness (QED) is 0.670. The summed E-state index contributed by atoms with van der Waals surface area (Å²) in [6.45, 7) is 1.65. The van der Waals surface area contributed by atoms with Gasteiger partial charge in [-0.3, -0.25) is 4.79 Å². The highest BCUT2D eigenvalue weighted by Gasteiger charge is 2.21. The van der Waals surface area contributed by atoms with Crippen molar-refractivity contribution in [1.29, 1.82) is 0 Å². The van der Waals surface area contributed by atoms with Crippen LogP contribution in [-0.4, -0.2) is 56.1 Å². The van der Waals surface area contributed by atoms with Crippen molar-refractivity contribution in [2.75, 3.05) is 32.9 Å². The maximum Gasteiger partial charge on any atom is 0.239 e. The van der Waals surface area contributed by atoms with Crippen LogP contribution in [0.4, 0.5) is 4.39 Å². The Morgan fingerprint density at radius 2 is 2.29 bits per heavy atom. The second-order valence-corrected chi connectivity index (χ2v) is 4.75. The van der Waals surface area contributed by atoms with Crippen LogP contribution in [0.5, 0.6) is 5.75 Å². The number of hydrogen-bond acceptors (Lipinski definition) is 5. The van der Waals surface area contributed by atoms with Gasteiger partial charge in [-0.15, -0.1) is 0 Å². The summed E-state index contributed by atoms with van der Waals surface area (Å²) in [4.78, 5) is 11.8. The van der Waals surface area contributed by atoms with E-state index in [9.17, 15) is 14.3 Å².